The van der Waals surface area contributed by atoms with Gasteiger partial charge in [0.1, 0.15) is 23.7 Å². The molecule has 0 bridgehead atoms. The molecule has 3 aromatic carbocycles. The highest BCUT2D eigenvalue weighted by Crippen LogP contribution is 2.36. The third-order valence-corrected chi connectivity index (χ3v) is 6.84. The number of urea groups is 1. The van der Waals surface area contributed by atoms with Gasteiger partial charge in [-0.1, -0.05) is 28.1 Å². The first-order chi connectivity index (χ1) is 17.3. The zero-order chi connectivity index (χ0) is 25.8. The van der Waals surface area contributed by atoms with Crippen LogP contribution >= 0.6 is 47.8 Å². The molecule has 1 fully saturated rings. The molecular weight excluding hydrogens is 660 g/mol. The van der Waals surface area contributed by atoms with E-state index in [4.69, 9.17) is 9.47 Å². The summed E-state index contributed by atoms with van der Waals surface area (Å²) >= 11 is 10.4. The Bertz CT molecular complexity index is 1330. The summed E-state index contributed by atoms with van der Waals surface area (Å²) < 4.78 is 13.6. The third kappa shape index (κ3) is 5.88. The largest absolute Gasteiger partial charge is 0.494 e. The number of amides is 4. The van der Waals surface area contributed by atoms with Gasteiger partial charge in [0.15, 0.2) is 0 Å². The Morgan fingerprint density at radius 3 is 2.14 bits per heavy atom. The van der Waals surface area contributed by atoms with Crippen LogP contribution in [0.4, 0.5) is 10.5 Å². The molecule has 3 aromatic rings. The molecule has 1 aliphatic rings. The summed E-state index contributed by atoms with van der Waals surface area (Å²) in [5.41, 5.74) is 1.69. The number of nitrogens with one attached hydrogen (secondary N) is 1. The van der Waals surface area contributed by atoms with Crippen LogP contribution in [0.25, 0.3) is 6.08 Å². The second-order valence-corrected chi connectivity index (χ2v) is 10.2. The number of benzene rings is 3. The van der Waals surface area contributed by atoms with Gasteiger partial charge in [0.25, 0.3) is 11.8 Å². The van der Waals surface area contributed by atoms with Crippen molar-refractivity contribution in [3.8, 4) is 11.5 Å². The summed E-state index contributed by atoms with van der Waals surface area (Å²) in [6.45, 7) is 2.70. The van der Waals surface area contributed by atoms with Gasteiger partial charge >= 0.3 is 6.03 Å². The quantitative estimate of drug-likeness (QED) is 0.224. The van der Waals surface area contributed by atoms with E-state index in [1.807, 2.05) is 31.2 Å². The van der Waals surface area contributed by atoms with Gasteiger partial charge in [0, 0.05) is 4.47 Å². The summed E-state index contributed by atoms with van der Waals surface area (Å²) in [4.78, 5) is 39.1. The van der Waals surface area contributed by atoms with Crippen LogP contribution in [0.3, 0.4) is 0 Å². The lowest BCUT2D eigenvalue weighted by Gasteiger charge is -2.26. The fourth-order valence-corrected chi connectivity index (χ4v) is 5.17. The topological polar surface area (TPSA) is 84.9 Å². The van der Waals surface area contributed by atoms with Crippen LogP contribution in [-0.4, -0.2) is 24.5 Å². The van der Waals surface area contributed by atoms with Crippen LogP contribution in [0.15, 0.2) is 79.7 Å². The van der Waals surface area contributed by atoms with Crippen molar-refractivity contribution in [1.29, 1.82) is 0 Å². The number of nitrogens with zero attached hydrogens (tertiary/aromatic N) is 1. The summed E-state index contributed by atoms with van der Waals surface area (Å²) in [5.74, 6) is -0.313. The van der Waals surface area contributed by atoms with Crippen molar-refractivity contribution in [2.45, 2.75) is 13.5 Å². The first kappa shape index (κ1) is 26.1. The van der Waals surface area contributed by atoms with Crippen LogP contribution < -0.4 is 19.7 Å². The Kier molecular flexibility index (Phi) is 8.28. The highest BCUT2D eigenvalue weighted by Gasteiger charge is 2.36. The van der Waals surface area contributed by atoms with Crippen molar-refractivity contribution in [1.82, 2.24) is 5.32 Å². The SMILES string of the molecule is CCOc1ccc(N2C(=O)NC(=O)/C(=C\c3cc(Br)c(OCc4ccc(Br)cc4)c(Br)c3)C2=O)cc1. The molecule has 184 valence electrons. The first-order valence-electron chi connectivity index (χ1n) is 10.8. The molecule has 10 heteroatoms. The number of rotatable bonds is 7. The summed E-state index contributed by atoms with van der Waals surface area (Å²) in [5, 5.41) is 2.23. The Morgan fingerprint density at radius 1 is 0.889 bits per heavy atom. The molecule has 36 heavy (non-hydrogen) atoms. The van der Waals surface area contributed by atoms with E-state index in [1.54, 1.807) is 36.4 Å². The molecule has 0 radical (unpaired) electrons. The first-order valence-corrected chi connectivity index (χ1v) is 13.2. The molecule has 0 aliphatic carbocycles. The van der Waals surface area contributed by atoms with Crippen LogP contribution in [-0.2, 0) is 16.2 Å². The van der Waals surface area contributed by atoms with Gasteiger partial charge in [-0.2, -0.15) is 0 Å². The lowest BCUT2D eigenvalue weighted by Crippen LogP contribution is -2.54. The molecule has 0 unspecified atom stereocenters. The van der Waals surface area contributed by atoms with Crippen molar-refractivity contribution in [2.75, 3.05) is 11.5 Å². The molecule has 0 atom stereocenters. The number of hydrogen-bond acceptors (Lipinski definition) is 5. The van der Waals surface area contributed by atoms with Crippen LogP contribution in [0, 0.1) is 0 Å². The molecule has 4 amide bonds. The normalized spacial score (nSPS) is 14.7. The maximum absolute atomic E-state index is 13.2. The number of halogens is 3. The smallest absolute Gasteiger partial charge is 0.335 e. The molecule has 0 saturated carbocycles. The van der Waals surface area contributed by atoms with Gasteiger partial charge in [-0.25, -0.2) is 9.69 Å². The predicted molar refractivity (Wildman–Crippen MR) is 147 cm³/mol. The minimum absolute atomic E-state index is 0.175. The second kappa shape index (κ2) is 11.4. The van der Waals surface area contributed by atoms with Gasteiger partial charge in [-0.15, -0.1) is 0 Å². The van der Waals surface area contributed by atoms with E-state index in [2.05, 4.69) is 53.1 Å². The van der Waals surface area contributed by atoms with E-state index in [-0.39, 0.29) is 5.57 Å². The highest BCUT2D eigenvalue weighted by molar-refractivity contribution is 9.11. The summed E-state index contributed by atoms with van der Waals surface area (Å²) in [7, 11) is 0. The fourth-order valence-electron chi connectivity index (χ4n) is 3.45. The van der Waals surface area contributed by atoms with Crippen molar-refractivity contribution in [2.24, 2.45) is 0 Å². The molecule has 1 aliphatic heterocycles. The average molecular weight is 679 g/mol. The number of carbonyl (C=O) groups excluding carboxylic acids is 3. The standard InChI is InChI=1S/C26H19Br3N2O5/c1-2-35-19-9-7-18(8-10-19)31-25(33)20(24(32)30-26(31)34)11-16-12-21(28)23(22(29)13-16)36-14-15-3-5-17(27)6-4-15/h3-13H,2,14H2,1H3,(H,30,32,34)/b20-11+. The Morgan fingerprint density at radius 2 is 1.53 bits per heavy atom. The van der Waals surface area contributed by atoms with Gasteiger partial charge < -0.3 is 9.47 Å². The molecule has 0 aromatic heterocycles. The van der Waals surface area contributed by atoms with Crippen LogP contribution in [0.5, 0.6) is 11.5 Å². The number of imide groups is 2. The van der Waals surface area contributed by atoms with Crippen molar-refractivity contribution >= 4 is 77.4 Å². The van der Waals surface area contributed by atoms with E-state index < -0.39 is 17.8 Å². The highest BCUT2D eigenvalue weighted by atomic mass is 79.9. The van der Waals surface area contributed by atoms with E-state index in [9.17, 15) is 14.4 Å². The molecule has 7 nitrogen and oxygen atoms in total. The lowest BCUT2D eigenvalue weighted by molar-refractivity contribution is -0.122. The monoisotopic (exact) mass is 676 g/mol. The molecular formula is C26H19Br3N2O5. The third-order valence-electron chi connectivity index (χ3n) is 5.14. The minimum Gasteiger partial charge on any atom is -0.494 e. The predicted octanol–water partition coefficient (Wildman–Crippen LogP) is 6.62. The van der Waals surface area contributed by atoms with Crippen molar-refractivity contribution in [3.05, 3.63) is 90.8 Å². The second-order valence-electron chi connectivity index (χ2n) is 7.61. The maximum Gasteiger partial charge on any atom is 0.335 e. The van der Waals surface area contributed by atoms with Crippen molar-refractivity contribution < 1.29 is 23.9 Å². The number of barbiturate groups is 1. The Balaban J connectivity index is 1.58. The van der Waals surface area contributed by atoms with E-state index in [0.29, 0.717) is 44.9 Å². The Labute approximate surface area is 232 Å². The average Bonchev–Trinajstić information content (AvgIpc) is 2.83. The van der Waals surface area contributed by atoms with E-state index in [1.165, 1.54) is 6.08 Å². The lowest BCUT2D eigenvalue weighted by atomic mass is 10.1. The zero-order valence-corrected chi connectivity index (χ0v) is 23.6. The Hall–Kier alpha value is -2.95. The van der Waals surface area contributed by atoms with E-state index >= 15 is 0 Å². The van der Waals surface area contributed by atoms with Gasteiger partial charge in [-0.05, 0) is 105 Å². The van der Waals surface area contributed by atoms with Gasteiger partial charge in [-0.3, -0.25) is 14.9 Å². The minimum atomic E-state index is -0.814. The number of anilines is 1. The van der Waals surface area contributed by atoms with Crippen molar-refractivity contribution in [3.63, 3.8) is 0 Å². The van der Waals surface area contributed by atoms with Gasteiger partial charge in [0.05, 0.1) is 21.2 Å². The van der Waals surface area contributed by atoms with E-state index in [0.717, 1.165) is 14.9 Å². The number of hydrogen-bond donors (Lipinski definition) is 1. The number of carbonyl (C=O) groups is 3. The zero-order valence-electron chi connectivity index (χ0n) is 18.9. The molecule has 1 N–H and O–H groups in total. The van der Waals surface area contributed by atoms with Crippen LogP contribution in [0.1, 0.15) is 18.1 Å². The molecule has 1 heterocycles. The molecule has 1 saturated heterocycles. The number of ether oxygens (including phenoxy) is 2. The summed E-state index contributed by atoms with van der Waals surface area (Å²) in [6.07, 6.45) is 1.43. The summed E-state index contributed by atoms with van der Waals surface area (Å²) in [6, 6.07) is 16.9. The fraction of sp³-hybridized carbons (Fsp3) is 0.115. The molecule has 4 rings (SSSR count). The maximum atomic E-state index is 13.2. The molecule has 0 spiro atoms. The van der Waals surface area contributed by atoms with Crippen LogP contribution in [0.2, 0.25) is 0 Å². The van der Waals surface area contributed by atoms with Gasteiger partial charge in [0.2, 0.25) is 0 Å².